The second kappa shape index (κ2) is 5.01. The van der Waals surface area contributed by atoms with Crippen LogP contribution in [0.3, 0.4) is 0 Å². The van der Waals surface area contributed by atoms with E-state index in [0.29, 0.717) is 23.5 Å². The normalized spacial score (nSPS) is 17.9. The van der Waals surface area contributed by atoms with Crippen molar-refractivity contribution in [3.8, 4) is 11.5 Å². The lowest BCUT2D eigenvalue weighted by Gasteiger charge is -2.23. The molecule has 0 radical (unpaired) electrons. The summed E-state index contributed by atoms with van der Waals surface area (Å²) in [5.41, 5.74) is 7.58. The van der Waals surface area contributed by atoms with E-state index in [1.54, 1.807) is 18.2 Å². The number of primary amides is 1. The van der Waals surface area contributed by atoms with Crippen molar-refractivity contribution < 1.29 is 19.1 Å². The van der Waals surface area contributed by atoms with Crippen LogP contribution in [-0.2, 0) is 11.2 Å². The molecule has 0 bridgehead atoms. The fourth-order valence-corrected chi connectivity index (χ4v) is 3.03. The number of para-hydroxylation sites is 1. The molecule has 2 aromatic carbocycles. The van der Waals surface area contributed by atoms with Gasteiger partial charge in [0.2, 0.25) is 12.7 Å². The maximum Gasteiger partial charge on any atom is 0.259 e. The molecule has 6 heteroatoms. The first kappa shape index (κ1) is 13.6. The predicted molar refractivity (Wildman–Crippen MR) is 82.5 cm³/mol. The molecule has 116 valence electrons. The molecule has 0 aromatic heterocycles. The largest absolute Gasteiger partial charge is 0.454 e. The molecule has 2 N–H and O–H groups in total. The second-order valence-electron chi connectivity index (χ2n) is 5.49. The summed E-state index contributed by atoms with van der Waals surface area (Å²) in [4.78, 5) is 26.2. The highest BCUT2D eigenvalue weighted by atomic mass is 16.7. The average Bonchev–Trinajstić information content (AvgIpc) is 3.17. The maximum absolute atomic E-state index is 12.9. The zero-order valence-corrected chi connectivity index (χ0v) is 12.2. The Kier molecular flexibility index (Phi) is 2.97. The van der Waals surface area contributed by atoms with Gasteiger partial charge in [-0.05, 0) is 29.8 Å². The highest BCUT2D eigenvalue weighted by Gasteiger charge is 2.37. The van der Waals surface area contributed by atoms with Crippen LogP contribution in [-0.4, -0.2) is 24.6 Å². The van der Waals surface area contributed by atoms with E-state index in [9.17, 15) is 9.59 Å². The lowest BCUT2D eigenvalue weighted by Crippen LogP contribution is -2.46. The summed E-state index contributed by atoms with van der Waals surface area (Å²) in [5, 5.41) is 0. The minimum absolute atomic E-state index is 0.142. The zero-order valence-electron chi connectivity index (χ0n) is 12.2. The molecule has 2 aromatic rings. The van der Waals surface area contributed by atoms with Crippen molar-refractivity contribution in [1.29, 1.82) is 0 Å². The highest BCUT2D eigenvalue weighted by molar-refractivity contribution is 6.11. The Hall–Kier alpha value is -3.02. The van der Waals surface area contributed by atoms with E-state index in [4.69, 9.17) is 15.2 Å². The lowest BCUT2D eigenvalue weighted by atomic mass is 10.1. The van der Waals surface area contributed by atoms with Gasteiger partial charge in [0.25, 0.3) is 5.91 Å². The number of nitrogens with two attached hydrogens (primary N) is 1. The van der Waals surface area contributed by atoms with Gasteiger partial charge >= 0.3 is 0 Å². The van der Waals surface area contributed by atoms with Gasteiger partial charge in [-0.3, -0.25) is 14.5 Å². The Morgan fingerprint density at radius 2 is 1.87 bits per heavy atom. The van der Waals surface area contributed by atoms with Crippen molar-refractivity contribution in [2.45, 2.75) is 12.5 Å². The van der Waals surface area contributed by atoms with Gasteiger partial charge in [-0.25, -0.2) is 0 Å². The van der Waals surface area contributed by atoms with E-state index in [2.05, 4.69) is 0 Å². The molecule has 2 heterocycles. The number of benzene rings is 2. The molecule has 0 spiro atoms. The van der Waals surface area contributed by atoms with E-state index in [1.807, 2.05) is 24.3 Å². The highest BCUT2D eigenvalue weighted by Crippen LogP contribution is 2.36. The molecule has 23 heavy (non-hydrogen) atoms. The topological polar surface area (TPSA) is 81.9 Å². The Morgan fingerprint density at radius 1 is 1.09 bits per heavy atom. The summed E-state index contributed by atoms with van der Waals surface area (Å²) in [6, 6.07) is 11.7. The first-order chi connectivity index (χ1) is 11.1. The molecule has 6 nitrogen and oxygen atoms in total. The first-order valence-corrected chi connectivity index (χ1v) is 7.25. The number of nitrogens with zero attached hydrogens (tertiary/aromatic N) is 1. The van der Waals surface area contributed by atoms with E-state index in [0.717, 1.165) is 11.3 Å². The van der Waals surface area contributed by atoms with Gasteiger partial charge in [0.05, 0.1) is 0 Å². The molecule has 0 fully saturated rings. The van der Waals surface area contributed by atoms with Crippen LogP contribution in [0.1, 0.15) is 15.9 Å². The van der Waals surface area contributed by atoms with Crippen LogP contribution >= 0.6 is 0 Å². The number of ether oxygens (including phenoxy) is 2. The Morgan fingerprint density at radius 3 is 2.70 bits per heavy atom. The van der Waals surface area contributed by atoms with Gasteiger partial charge in [0, 0.05) is 17.7 Å². The van der Waals surface area contributed by atoms with Crippen LogP contribution < -0.4 is 20.1 Å². The predicted octanol–water partition coefficient (Wildman–Crippen LogP) is 1.47. The van der Waals surface area contributed by atoms with Gasteiger partial charge in [0.15, 0.2) is 11.5 Å². The van der Waals surface area contributed by atoms with Crippen molar-refractivity contribution in [2.75, 3.05) is 11.7 Å². The molecule has 2 aliphatic heterocycles. The van der Waals surface area contributed by atoms with Crippen molar-refractivity contribution >= 4 is 17.5 Å². The summed E-state index contributed by atoms with van der Waals surface area (Å²) in [5.74, 6) is 0.334. The molecular weight excluding hydrogens is 296 g/mol. The van der Waals surface area contributed by atoms with Crippen LogP contribution in [0.5, 0.6) is 11.5 Å². The number of rotatable bonds is 2. The second-order valence-corrected chi connectivity index (χ2v) is 5.49. The molecule has 0 saturated carbocycles. The Balaban J connectivity index is 1.75. The molecule has 0 aliphatic carbocycles. The maximum atomic E-state index is 12.9. The molecule has 1 atom stereocenters. The molecule has 0 saturated heterocycles. The number of carbonyl (C=O) groups excluding carboxylic acids is 2. The SMILES string of the molecule is NC(=O)C1Cc2ccccc2N1C(=O)c1ccc2c(c1)OCO2. The van der Waals surface area contributed by atoms with Gasteiger partial charge < -0.3 is 15.2 Å². The van der Waals surface area contributed by atoms with Gasteiger partial charge in [-0.15, -0.1) is 0 Å². The fraction of sp³-hybridized carbons (Fsp3) is 0.176. The third-order valence-electron chi connectivity index (χ3n) is 4.14. The van der Waals surface area contributed by atoms with Crippen molar-refractivity contribution in [1.82, 2.24) is 0 Å². The number of amides is 2. The summed E-state index contributed by atoms with van der Waals surface area (Å²) in [6.45, 7) is 0.142. The van der Waals surface area contributed by atoms with E-state index >= 15 is 0 Å². The van der Waals surface area contributed by atoms with Crippen molar-refractivity contribution in [3.05, 3.63) is 53.6 Å². The summed E-state index contributed by atoms with van der Waals surface area (Å²) < 4.78 is 10.6. The molecule has 4 rings (SSSR count). The summed E-state index contributed by atoms with van der Waals surface area (Å²) in [6.07, 6.45) is 0.432. The van der Waals surface area contributed by atoms with Crippen molar-refractivity contribution in [2.24, 2.45) is 5.73 Å². The summed E-state index contributed by atoms with van der Waals surface area (Å²) in [7, 11) is 0. The van der Waals surface area contributed by atoms with Crippen LogP contribution in [0, 0.1) is 0 Å². The minimum atomic E-state index is -0.676. The fourth-order valence-electron chi connectivity index (χ4n) is 3.03. The Bertz CT molecular complexity index is 818. The monoisotopic (exact) mass is 310 g/mol. The summed E-state index contributed by atoms with van der Waals surface area (Å²) >= 11 is 0. The van der Waals surface area contributed by atoms with E-state index < -0.39 is 11.9 Å². The third-order valence-corrected chi connectivity index (χ3v) is 4.14. The molecule has 1 unspecified atom stereocenters. The zero-order chi connectivity index (χ0) is 16.0. The number of fused-ring (bicyclic) bond motifs is 2. The van der Waals surface area contributed by atoms with Gasteiger partial charge in [0.1, 0.15) is 6.04 Å². The van der Waals surface area contributed by atoms with E-state index in [1.165, 1.54) is 4.90 Å². The number of hydrogen-bond acceptors (Lipinski definition) is 4. The number of hydrogen-bond donors (Lipinski definition) is 1. The quantitative estimate of drug-likeness (QED) is 0.910. The number of anilines is 1. The molecule has 2 amide bonds. The van der Waals surface area contributed by atoms with Crippen molar-refractivity contribution in [3.63, 3.8) is 0 Å². The minimum Gasteiger partial charge on any atom is -0.454 e. The van der Waals surface area contributed by atoms with Crippen LogP contribution in [0.25, 0.3) is 0 Å². The number of carbonyl (C=O) groups is 2. The first-order valence-electron chi connectivity index (χ1n) is 7.25. The third kappa shape index (κ3) is 2.11. The molecular formula is C17H14N2O4. The smallest absolute Gasteiger partial charge is 0.259 e. The molecule has 2 aliphatic rings. The van der Waals surface area contributed by atoms with Gasteiger partial charge in [-0.2, -0.15) is 0 Å². The van der Waals surface area contributed by atoms with E-state index in [-0.39, 0.29) is 12.7 Å². The standard InChI is InChI=1S/C17H14N2O4/c18-16(20)13-7-10-3-1-2-4-12(10)19(13)17(21)11-5-6-14-15(8-11)23-9-22-14/h1-6,8,13H,7,9H2,(H2,18,20). The van der Waals surface area contributed by atoms with Crippen LogP contribution in [0.2, 0.25) is 0 Å². The average molecular weight is 310 g/mol. The lowest BCUT2D eigenvalue weighted by molar-refractivity contribution is -0.119. The Labute approximate surface area is 132 Å². The van der Waals surface area contributed by atoms with Crippen LogP contribution in [0.15, 0.2) is 42.5 Å². The van der Waals surface area contributed by atoms with Gasteiger partial charge in [-0.1, -0.05) is 18.2 Å². The van der Waals surface area contributed by atoms with Crippen LogP contribution in [0.4, 0.5) is 5.69 Å².